The van der Waals surface area contributed by atoms with Crippen molar-refractivity contribution in [2.24, 2.45) is 5.73 Å². The molecular weight excluding hydrogens is 238 g/mol. The highest BCUT2D eigenvalue weighted by atomic mass is 35.5. The molecule has 0 saturated carbocycles. The summed E-state index contributed by atoms with van der Waals surface area (Å²) in [4.78, 5) is 2.37. The smallest absolute Gasteiger partial charge is 0.0406 e. The molecule has 2 aromatic carbocycles. The first-order valence-electron chi connectivity index (χ1n) is 5.01. The topological polar surface area (TPSA) is 26.0 Å². The number of nitrogens with two attached hydrogens (primary N) is 1. The molecular formula is C13H12ClNS. The summed E-state index contributed by atoms with van der Waals surface area (Å²) in [6.07, 6.45) is 0. The fraction of sp³-hybridized carbons (Fsp3) is 0.0769. The average molecular weight is 250 g/mol. The first-order chi connectivity index (χ1) is 7.79. The van der Waals surface area contributed by atoms with Crippen molar-refractivity contribution < 1.29 is 0 Å². The van der Waals surface area contributed by atoms with E-state index in [1.54, 1.807) is 11.8 Å². The molecule has 2 N–H and O–H groups in total. The molecule has 3 heteroatoms. The van der Waals surface area contributed by atoms with Crippen LogP contribution in [-0.4, -0.2) is 0 Å². The lowest BCUT2D eigenvalue weighted by atomic mass is 10.2. The Morgan fingerprint density at radius 2 is 1.69 bits per heavy atom. The number of halogens is 1. The molecule has 0 aromatic heterocycles. The highest BCUT2D eigenvalue weighted by Crippen LogP contribution is 2.30. The van der Waals surface area contributed by atoms with Crippen LogP contribution in [0.4, 0.5) is 0 Å². The summed E-state index contributed by atoms with van der Waals surface area (Å²) >= 11 is 7.55. The van der Waals surface area contributed by atoms with Gasteiger partial charge >= 0.3 is 0 Å². The molecule has 0 aliphatic rings. The first-order valence-corrected chi connectivity index (χ1v) is 6.20. The molecule has 82 valence electrons. The van der Waals surface area contributed by atoms with Gasteiger partial charge in [-0.2, -0.15) is 0 Å². The standard InChI is InChI=1S/C13H12ClNS/c14-11-5-7-12(8-6-11)16-13-4-2-1-3-10(13)9-15/h1-8H,9,15H2. The summed E-state index contributed by atoms with van der Waals surface area (Å²) in [5.74, 6) is 0. The zero-order valence-electron chi connectivity index (χ0n) is 8.69. The van der Waals surface area contributed by atoms with E-state index < -0.39 is 0 Å². The Morgan fingerprint density at radius 1 is 1.00 bits per heavy atom. The van der Waals surface area contributed by atoms with Crippen molar-refractivity contribution in [2.45, 2.75) is 16.3 Å². The SMILES string of the molecule is NCc1ccccc1Sc1ccc(Cl)cc1. The van der Waals surface area contributed by atoms with Gasteiger partial charge in [-0.3, -0.25) is 0 Å². The van der Waals surface area contributed by atoms with Gasteiger partial charge in [-0.1, -0.05) is 41.6 Å². The molecule has 0 radical (unpaired) electrons. The van der Waals surface area contributed by atoms with Gasteiger partial charge in [0.1, 0.15) is 0 Å². The van der Waals surface area contributed by atoms with E-state index in [2.05, 4.69) is 12.1 Å². The van der Waals surface area contributed by atoms with Crippen molar-refractivity contribution in [1.29, 1.82) is 0 Å². The molecule has 0 fully saturated rings. The Labute approximate surface area is 105 Å². The van der Waals surface area contributed by atoms with Gasteiger partial charge in [-0.25, -0.2) is 0 Å². The minimum Gasteiger partial charge on any atom is -0.326 e. The van der Waals surface area contributed by atoms with Crippen molar-refractivity contribution in [1.82, 2.24) is 0 Å². The molecule has 0 aliphatic carbocycles. The summed E-state index contributed by atoms with van der Waals surface area (Å²) in [5, 5.41) is 0.761. The molecule has 0 heterocycles. The predicted octanol–water partition coefficient (Wildman–Crippen LogP) is 3.95. The minimum absolute atomic E-state index is 0.566. The predicted molar refractivity (Wildman–Crippen MR) is 69.9 cm³/mol. The van der Waals surface area contributed by atoms with Crippen molar-refractivity contribution in [2.75, 3.05) is 0 Å². The molecule has 0 unspecified atom stereocenters. The van der Waals surface area contributed by atoms with Crippen LogP contribution in [0.2, 0.25) is 5.02 Å². The Hall–Kier alpha value is -0.960. The van der Waals surface area contributed by atoms with Gasteiger partial charge in [0, 0.05) is 21.4 Å². The van der Waals surface area contributed by atoms with Crippen molar-refractivity contribution in [3.05, 3.63) is 59.1 Å². The lowest BCUT2D eigenvalue weighted by Gasteiger charge is -2.06. The lowest BCUT2D eigenvalue weighted by Crippen LogP contribution is -1.97. The molecule has 0 atom stereocenters. The van der Waals surface area contributed by atoms with E-state index in [1.165, 1.54) is 15.4 Å². The summed E-state index contributed by atoms with van der Waals surface area (Å²) < 4.78 is 0. The summed E-state index contributed by atoms with van der Waals surface area (Å²) in [5.41, 5.74) is 6.86. The van der Waals surface area contributed by atoms with Crippen LogP contribution < -0.4 is 5.73 Å². The highest BCUT2D eigenvalue weighted by molar-refractivity contribution is 7.99. The molecule has 0 aliphatic heterocycles. The second kappa shape index (κ2) is 5.39. The Bertz CT molecular complexity index is 468. The van der Waals surface area contributed by atoms with Gasteiger partial charge < -0.3 is 5.73 Å². The van der Waals surface area contributed by atoms with Crippen LogP contribution in [0.5, 0.6) is 0 Å². The summed E-state index contributed by atoms with van der Waals surface area (Å²) in [6, 6.07) is 16.0. The van der Waals surface area contributed by atoms with E-state index in [0.717, 1.165) is 5.02 Å². The number of hydrogen-bond donors (Lipinski definition) is 1. The van der Waals surface area contributed by atoms with Crippen molar-refractivity contribution in [3.8, 4) is 0 Å². The Morgan fingerprint density at radius 3 is 2.38 bits per heavy atom. The van der Waals surface area contributed by atoms with E-state index >= 15 is 0 Å². The largest absolute Gasteiger partial charge is 0.326 e. The Kier molecular flexibility index (Phi) is 3.88. The van der Waals surface area contributed by atoms with Crippen molar-refractivity contribution >= 4 is 23.4 Å². The number of rotatable bonds is 3. The van der Waals surface area contributed by atoms with Crippen LogP contribution in [-0.2, 0) is 6.54 Å². The molecule has 2 aromatic rings. The van der Waals surface area contributed by atoms with E-state index in [1.807, 2.05) is 36.4 Å². The molecule has 0 saturated heterocycles. The van der Waals surface area contributed by atoms with E-state index in [4.69, 9.17) is 17.3 Å². The number of benzene rings is 2. The average Bonchev–Trinajstić information content (AvgIpc) is 2.33. The summed E-state index contributed by atoms with van der Waals surface area (Å²) in [6.45, 7) is 0.566. The first kappa shape index (κ1) is 11.5. The van der Waals surface area contributed by atoms with Crippen LogP contribution in [0.1, 0.15) is 5.56 Å². The zero-order valence-corrected chi connectivity index (χ0v) is 10.3. The third-order valence-corrected chi connectivity index (χ3v) is 3.61. The van der Waals surface area contributed by atoms with Gasteiger partial charge in [0.05, 0.1) is 0 Å². The van der Waals surface area contributed by atoms with E-state index in [9.17, 15) is 0 Å². The van der Waals surface area contributed by atoms with Gasteiger partial charge in [0.25, 0.3) is 0 Å². The van der Waals surface area contributed by atoms with Crippen LogP contribution in [0.3, 0.4) is 0 Å². The lowest BCUT2D eigenvalue weighted by molar-refractivity contribution is 1.03. The fourth-order valence-electron chi connectivity index (χ4n) is 1.40. The van der Waals surface area contributed by atoms with Crippen molar-refractivity contribution in [3.63, 3.8) is 0 Å². The molecule has 0 bridgehead atoms. The second-order valence-electron chi connectivity index (χ2n) is 3.37. The monoisotopic (exact) mass is 249 g/mol. The van der Waals surface area contributed by atoms with Gasteiger partial charge in [-0.05, 0) is 35.9 Å². The van der Waals surface area contributed by atoms with Crippen LogP contribution in [0.25, 0.3) is 0 Å². The van der Waals surface area contributed by atoms with Crippen LogP contribution in [0.15, 0.2) is 58.3 Å². The molecule has 1 nitrogen and oxygen atoms in total. The quantitative estimate of drug-likeness (QED) is 0.892. The van der Waals surface area contributed by atoms with E-state index in [0.29, 0.717) is 6.54 Å². The normalized spacial score (nSPS) is 10.4. The molecule has 0 amide bonds. The molecule has 0 spiro atoms. The van der Waals surface area contributed by atoms with Gasteiger partial charge in [0.15, 0.2) is 0 Å². The maximum Gasteiger partial charge on any atom is 0.0406 e. The van der Waals surface area contributed by atoms with Gasteiger partial charge in [0.2, 0.25) is 0 Å². The third-order valence-electron chi connectivity index (χ3n) is 2.23. The third kappa shape index (κ3) is 2.79. The molecule has 16 heavy (non-hydrogen) atoms. The van der Waals surface area contributed by atoms with Crippen LogP contribution in [0, 0.1) is 0 Å². The van der Waals surface area contributed by atoms with Gasteiger partial charge in [-0.15, -0.1) is 0 Å². The fourth-order valence-corrected chi connectivity index (χ4v) is 2.48. The minimum atomic E-state index is 0.566. The summed E-state index contributed by atoms with van der Waals surface area (Å²) in [7, 11) is 0. The Balaban J connectivity index is 2.23. The maximum atomic E-state index is 5.84. The van der Waals surface area contributed by atoms with E-state index in [-0.39, 0.29) is 0 Å². The second-order valence-corrected chi connectivity index (χ2v) is 4.92. The maximum absolute atomic E-state index is 5.84. The molecule has 2 rings (SSSR count). The number of hydrogen-bond acceptors (Lipinski definition) is 2. The van der Waals surface area contributed by atoms with Crippen LogP contribution >= 0.6 is 23.4 Å². The zero-order chi connectivity index (χ0) is 11.4. The highest BCUT2D eigenvalue weighted by Gasteiger charge is 2.02.